The van der Waals surface area contributed by atoms with Crippen molar-refractivity contribution in [2.45, 2.75) is 46.1 Å². The third kappa shape index (κ3) is 3.03. The smallest absolute Gasteiger partial charge is 0.0982 e. The van der Waals surface area contributed by atoms with E-state index in [1.807, 2.05) is 26.0 Å². The van der Waals surface area contributed by atoms with Crippen molar-refractivity contribution in [1.29, 1.82) is 0 Å². The number of aliphatic hydroxyl groups is 1. The van der Waals surface area contributed by atoms with Crippen molar-refractivity contribution in [3.05, 3.63) is 29.6 Å². The molecular weight excluding hydrogens is 186 g/mol. The van der Waals surface area contributed by atoms with E-state index in [4.69, 9.17) is 0 Å². The molecule has 0 radical (unpaired) electrons. The fourth-order valence-electron chi connectivity index (χ4n) is 1.42. The second-order valence-corrected chi connectivity index (χ2v) is 5.41. The van der Waals surface area contributed by atoms with Crippen molar-refractivity contribution in [3.8, 4) is 0 Å². The Morgan fingerprint density at radius 2 is 1.87 bits per heavy atom. The van der Waals surface area contributed by atoms with Crippen LogP contribution in [0.3, 0.4) is 0 Å². The Bertz CT molecular complexity index is 326. The third-order valence-electron chi connectivity index (χ3n) is 2.58. The molecule has 1 heterocycles. The maximum atomic E-state index is 9.93. The summed E-state index contributed by atoms with van der Waals surface area (Å²) in [4.78, 5) is 4.22. The Labute approximate surface area is 92.4 Å². The maximum absolute atomic E-state index is 9.93. The number of hydrogen-bond acceptors (Lipinski definition) is 2. The largest absolute Gasteiger partial charge is 0.387 e. The minimum absolute atomic E-state index is 0.106. The van der Waals surface area contributed by atoms with Gasteiger partial charge < -0.3 is 5.11 Å². The van der Waals surface area contributed by atoms with Crippen molar-refractivity contribution in [2.75, 3.05) is 0 Å². The Kier molecular flexibility index (Phi) is 3.50. The summed E-state index contributed by atoms with van der Waals surface area (Å²) >= 11 is 0. The van der Waals surface area contributed by atoms with Gasteiger partial charge in [0.15, 0.2) is 0 Å². The van der Waals surface area contributed by atoms with Gasteiger partial charge in [0, 0.05) is 6.20 Å². The number of aromatic nitrogens is 1. The van der Waals surface area contributed by atoms with Crippen molar-refractivity contribution >= 4 is 0 Å². The molecule has 0 spiro atoms. The molecule has 0 fully saturated rings. The fraction of sp³-hybridized carbons (Fsp3) is 0.615. The lowest BCUT2D eigenvalue weighted by Crippen LogP contribution is -2.14. The number of aliphatic hydroxyl groups excluding tert-OH is 1. The summed E-state index contributed by atoms with van der Waals surface area (Å²) < 4.78 is 0. The zero-order valence-corrected chi connectivity index (χ0v) is 10.3. The Morgan fingerprint density at radius 1 is 1.27 bits per heavy atom. The van der Waals surface area contributed by atoms with Gasteiger partial charge in [-0.05, 0) is 29.0 Å². The SMILES string of the molecule is CC(C)C(O)c1cc(C(C)(C)C)ccn1. The lowest BCUT2D eigenvalue weighted by molar-refractivity contribution is 0.122. The van der Waals surface area contributed by atoms with Gasteiger partial charge in [-0.2, -0.15) is 0 Å². The monoisotopic (exact) mass is 207 g/mol. The van der Waals surface area contributed by atoms with Gasteiger partial charge in [-0.3, -0.25) is 4.98 Å². The van der Waals surface area contributed by atoms with Crippen LogP contribution in [0, 0.1) is 5.92 Å². The molecule has 1 N–H and O–H groups in total. The summed E-state index contributed by atoms with van der Waals surface area (Å²) in [7, 11) is 0. The molecular formula is C13H21NO. The topological polar surface area (TPSA) is 33.1 Å². The van der Waals surface area contributed by atoms with Crippen LogP contribution < -0.4 is 0 Å². The molecule has 15 heavy (non-hydrogen) atoms. The Morgan fingerprint density at radius 3 is 2.33 bits per heavy atom. The summed E-state index contributed by atoms with van der Waals surface area (Å²) in [6, 6.07) is 4.02. The van der Waals surface area contributed by atoms with Crippen LogP contribution in [0.25, 0.3) is 0 Å². The predicted molar refractivity (Wildman–Crippen MR) is 62.7 cm³/mol. The second-order valence-electron chi connectivity index (χ2n) is 5.41. The lowest BCUT2D eigenvalue weighted by Gasteiger charge is -2.21. The second kappa shape index (κ2) is 4.31. The average molecular weight is 207 g/mol. The van der Waals surface area contributed by atoms with Gasteiger partial charge >= 0.3 is 0 Å². The van der Waals surface area contributed by atoms with Crippen molar-refractivity contribution in [2.24, 2.45) is 5.92 Å². The molecule has 1 aromatic heterocycles. The Hall–Kier alpha value is -0.890. The maximum Gasteiger partial charge on any atom is 0.0982 e. The van der Waals surface area contributed by atoms with Gasteiger partial charge in [-0.25, -0.2) is 0 Å². The van der Waals surface area contributed by atoms with Gasteiger partial charge in [-0.1, -0.05) is 34.6 Å². The van der Waals surface area contributed by atoms with Gasteiger partial charge in [0.05, 0.1) is 11.8 Å². The van der Waals surface area contributed by atoms with Crippen LogP contribution in [-0.2, 0) is 5.41 Å². The molecule has 0 bridgehead atoms. The van der Waals surface area contributed by atoms with E-state index in [9.17, 15) is 5.11 Å². The van der Waals surface area contributed by atoms with E-state index in [1.165, 1.54) is 5.56 Å². The minimum Gasteiger partial charge on any atom is -0.387 e. The van der Waals surface area contributed by atoms with Crippen LogP contribution in [-0.4, -0.2) is 10.1 Å². The summed E-state index contributed by atoms with van der Waals surface area (Å²) in [5, 5.41) is 9.93. The van der Waals surface area contributed by atoms with E-state index < -0.39 is 6.10 Å². The van der Waals surface area contributed by atoms with Crippen LogP contribution in [0.4, 0.5) is 0 Å². The number of rotatable bonds is 2. The molecule has 1 atom stereocenters. The summed E-state index contributed by atoms with van der Waals surface area (Å²) in [5.41, 5.74) is 2.10. The van der Waals surface area contributed by atoms with Crippen LogP contribution in [0.1, 0.15) is 52.0 Å². The molecule has 2 nitrogen and oxygen atoms in total. The van der Waals surface area contributed by atoms with E-state index in [0.29, 0.717) is 0 Å². The van der Waals surface area contributed by atoms with E-state index >= 15 is 0 Å². The highest BCUT2D eigenvalue weighted by atomic mass is 16.3. The minimum atomic E-state index is -0.465. The summed E-state index contributed by atoms with van der Waals surface area (Å²) in [6.07, 6.45) is 1.31. The van der Waals surface area contributed by atoms with Crippen molar-refractivity contribution in [3.63, 3.8) is 0 Å². The van der Waals surface area contributed by atoms with E-state index in [1.54, 1.807) is 6.20 Å². The van der Waals surface area contributed by atoms with Crippen LogP contribution in [0.15, 0.2) is 18.3 Å². The van der Waals surface area contributed by atoms with Crippen LogP contribution in [0.2, 0.25) is 0 Å². The standard InChI is InChI=1S/C13H21NO/c1-9(2)12(15)11-8-10(6-7-14-11)13(3,4)5/h6-9,12,15H,1-5H3. The van der Waals surface area contributed by atoms with Gasteiger partial charge in [0.2, 0.25) is 0 Å². The normalized spacial score (nSPS) is 14.3. The number of pyridine rings is 1. The van der Waals surface area contributed by atoms with Crippen LogP contribution in [0.5, 0.6) is 0 Å². The highest BCUT2D eigenvalue weighted by Gasteiger charge is 2.18. The predicted octanol–water partition coefficient (Wildman–Crippen LogP) is 3.07. The zero-order valence-electron chi connectivity index (χ0n) is 10.3. The molecule has 1 unspecified atom stereocenters. The molecule has 0 aliphatic rings. The van der Waals surface area contributed by atoms with Crippen molar-refractivity contribution in [1.82, 2.24) is 4.98 Å². The first kappa shape index (κ1) is 12.2. The first-order valence-corrected chi connectivity index (χ1v) is 5.47. The average Bonchev–Trinajstić information content (AvgIpc) is 2.15. The molecule has 0 saturated carbocycles. The molecule has 84 valence electrons. The molecule has 0 aromatic carbocycles. The lowest BCUT2D eigenvalue weighted by atomic mass is 9.86. The zero-order chi connectivity index (χ0) is 11.6. The number of nitrogens with zero attached hydrogens (tertiary/aromatic N) is 1. The summed E-state index contributed by atoms with van der Waals surface area (Å²) in [5.74, 6) is 0.202. The molecule has 0 aliphatic heterocycles. The first-order valence-electron chi connectivity index (χ1n) is 5.47. The molecule has 0 aliphatic carbocycles. The van der Waals surface area contributed by atoms with E-state index in [0.717, 1.165) is 5.69 Å². The van der Waals surface area contributed by atoms with Crippen molar-refractivity contribution < 1.29 is 5.11 Å². The quantitative estimate of drug-likeness (QED) is 0.808. The molecule has 2 heteroatoms. The molecule has 0 amide bonds. The highest BCUT2D eigenvalue weighted by Crippen LogP contribution is 2.26. The number of hydrogen-bond donors (Lipinski definition) is 1. The van der Waals surface area contributed by atoms with Gasteiger partial charge in [0.1, 0.15) is 0 Å². The first-order chi connectivity index (χ1) is 6.82. The fourth-order valence-corrected chi connectivity index (χ4v) is 1.42. The molecule has 1 rings (SSSR count). The highest BCUT2D eigenvalue weighted by molar-refractivity contribution is 5.24. The Balaban J connectivity index is 3.03. The van der Waals surface area contributed by atoms with Gasteiger partial charge in [0.25, 0.3) is 0 Å². The third-order valence-corrected chi connectivity index (χ3v) is 2.58. The molecule has 0 saturated heterocycles. The summed E-state index contributed by atoms with van der Waals surface area (Å²) in [6.45, 7) is 10.5. The van der Waals surface area contributed by atoms with E-state index in [2.05, 4.69) is 25.8 Å². The molecule has 1 aromatic rings. The van der Waals surface area contributed by atoms with Gasteiger partial charge in [-0.15, -0.1) is 0 Å². The van der Waals surface area contributed by atoms with E-state index in [-0.39, 0.29) is 11.3 Å². The van der Waals surface area contributed by atoms with Crippen LogP contribution >= 0.6 is 0 Å².